The Hall–Kier alpha value is -1.55. The van der Waals surface area contributed by atoms with E-state index in [1.165, 1.54) is 6.42 Å². The Morgan fingerprint density at radius 2 is 2.00 bits per heavy atom. The van der Waals surface area contributed by atoms with Gasteiger partial charge >= 0.3 is 0 Å². The van der Waals surface area contributed by atoms with Gasteiger partial charge in [0.25, 0.3) is 0 Å². The first-order valence-electron chi connectivity index (χ1n) is 8.90. The summed E-state index contributed by atoms with van der Waals surface area (Å²) < 4.78 is 5.67. The van der Waals surface area contributed by atoms with Crippen molar-refractivity contribution in [1.29, 1.82) is 0 Å². The number of aliphatic hydroxyl groups is 1. The van der Waals surface area contributed by atoms with Gasteiger partial charge in [-0.2, -0.15) is 0 Å². The van der Waals surface area contributed by atoms with Crippen molar-refractivity contribution in [3.05, 3.63) is 29.8 Å². The van der Waals surface area contributed by atoms with E-state index in [1.54, 1.807) is 0 Å². The number of hydrogen-bond donors (Lipinski definition) is 2. The molecule has 1 fully saturated rings. The Balaban J connectivity index is 1.61. The fourth-order valence-electron chi connectivity index (χ4n) is 3.91. The first kappa shape index (κ1) is 16.3. The average molecular weight is 317 g/mol. The topological polar surface area (TPSA) is 58.6 Å². The van der Waals surface area contributed by atoms with Crippen LogP contribution >= 0.6 is 0 Å². The summed E-state index contributed by atoms with van der Waals surface area (Å²) >= 11 is 0. The van der Waals surface area contributed by atoms with Crippen LogP contribution in [0.2, 0.25) is 0 Å². The van der Waals surface area contributed by atoms with Crippen LogP contribution in [0.25, 0.3) is 0 Å². The van der Waals surface area contributed by atoms with Gasteiger partial charge in [0.15, 0.2) is 0 Å². The second kappa shape index (κ2) is 7.82. The van der Waals surface area contributed by atoms with E-state index in [9.17, 15) is 9.90 Å². The summed E-state index contributed by atoms with van der Waals surface area (Å²) in [5, 5.41) is 12.8. The smallest absolute Gasteiger partial charge is 0.220 e. The Kier molecular flexibility index (Phi) is 5.55. The molecule has 23 heavy (non-hydrogen) atoms. The largest absolute Gasteiger partial charge is 0.493 e. The van der Waals surface area contributed by atoms with Gasteiger partial charge < -0.3 is 15.2 Å². The Morgan fingerprint density at radius 3 is 2.87 bits per heavy atom. The number of carbonyl (C=O) groups excluding carboxylic acids is 1. The molecule has 3 unspecified atom stereocenters. The van der Waals surface area contributed by atoms with Crippen molar-refractivity contribution in [2.75, 3.05) is 13.2 Å². The number of hydrogen-bond acceptors (Lipinski definition) is 3. The number of aliphatic hydroxyl groups excluding tert-OH is 1. The van der Waals surface area contributed by atoms with Crippen LogP contribution in [0, 0.1) is 5.92 Å². The minimum Gasteiger partial charge on any atom is -0.493 e. The molecule has 4 heteroatoms. The zero-order chi connectivity index (χ0) is 16.1. The summed E-state index contributed by atoms with van der Waals surface area (Å²) in [4.78, 5) is 12.5. The minimum absolute atomic E-state index is 0.108. The van der Waals surface area contributed by atoms with E-state index in [0.717, 1.165) is 43.4 Å². The molecule has 1 aromatic carbocycles. The normalized spacial score (nSPS) is 27.4. The molecule has 1 aliphatic heterocycles. The highest BCUT2D eigenvalue weighted by Crippen LogP contribution is 2.35. The molecular weight excluding hydrogens is 290 g/mol. The SMILES string of the molecule is O=C(CC1CCOc2ccccc21)NC1CCCCCC1CO. The Labute approximate surface area is 138 Å². The van der Waals surface area contributed by atoms with Crippen LogP contribution in [0.15, 0.2) is 24.3 Å². The number of nitrogens with one attached hydrogen (secondary N) is 1. The lowest BCUT2D eigenvalue weighted by Gasteiger charge is -2.28. The van der Waals surface area contributed by atoms with Crippen molar-refractivity contribution in [1.82, 2.24) is 5.32 Å². The van der Waals surface area contributed by atoms with Crippen molar-refractivity contribution in [2.24, 2.45) is 5.92 Å². The number of carbonyl (C=O) groups is 1. The van der Waals surface area contributed by atoms with Crippen molar-refractivity contribution in [3.63, 3.8) is 0 Å². The highest BCUT2D eigenvalue weighted by molar-refractivity contribution is 5.77. The van der Waals surface area contributed by atoms with Gasteiger partial charge in [-0.15, -0.1) is 0 Å². The third-order valence-electron chi connectivity index (χ3n) is 5.25. The second-order valence-electron chi connectivity index (χ2n) is 6.83. The van der Waals surface area contributed by atoms with Gasteiger partial charge in [0.1, 0.15) is 5.75 Å². The predicted octanol–water partition coefficient (Wildman–Crippen LogP) is 3.00. The number of benzene rings is 1. The van der Waals surface area contributed by atoms with Crippen LogP contribution in [0.1, 0.15) is 56.4 Å². The molecule has 0 bridgehead atoms. The first-order valence-corrected chi connectivity index (χ1v) is 8.90. The standard InChI is InChI=1S/C19H27NO3/c21-13-15-6-2-1-3-8-17(15)20-19(22)12-14-10-11-23-18-9-5-4-7-16(14)18/h4-5,7,9,14-15,17,21H,1-3,6,8,10-13H2,(H,20,22). The summed E-state index contributed by atoms with van der Waals surface area (Å²) in [7, 11) is 0. The minimum atomic E-state index is 0.108. The van der Waals surface area contributed by atoms with E-state index in [-0.39, 0.29) is 30.4 Å². The van der Waals surface area contributed by atoms with Crippen LogP contribution in [0.3, 0.4) is 0 Å². The van der Waals surface area contributed by atoms with Gasteiger partial charge in [0, 0.05) is 25.0 Å². The number of para-hydroxylation sites is 1. The lowest BCUT2D eigenvalue weighted by Crippen LogP contribution is -2.41. The molecule has 126 valence electrons. The number of ether oxygens (including phenoxy) is 1. The van der Waals surface area contributed by atoms with Gasteiger partial charge in [0.05, 0.1) is 6.61 Å². The molecule has 3 rings (SSSR count). The molecule has 0 radical (unpaired) electrons. The molecule has 3 atom stereocenters. The summed E-state index contributed by atoms with van der Waals surface area (Å²) in [6, 6.07) is 8.15. The number of rotatable bonds is 4. The average Bonchev–Trinajstić information content (AvgIpc) is 2.80. The molecule has 0 spiro atoms. The quantitative estimate of drug-likeness (QED) is 0.839. The van der Waals surface area contributed by atoms with Gasteiger partial charge in [0.2, 0.25) is 5.91 Å². The van der Waals surface area contributed by atoms with Crippen molar-refractivity contribution in [2.45, 2.75) is 56.9 Å². The van der Waals surface area contributed by atoms with Crippen LogP contribution in [0.5, 0.6) is 5.75 Å². The van der Waals surface area contributed by atoms with Crippen LogP contribution in [-0.4, -0.2) is 30.3 Å². The fourth-order valence-corrected chi connectivity index (χ4v) is 3.91. The molecule has 1 saturated carbocycles. The molecule has 1 aromatic rings. The maximum atomic E-state index is 12.5. The van der Waals surface area contributed by atoms with Gasteiger partial charge in [-0.25, -0.2) is 0 Å². The van der Waals surface area contributed by atoms with E-state index in [0.29, 0.717) is 13.0 Å². The molecule has 4 nitrogen and oxygen atoms in total. The molecule has 1 amide bonds. The van der Waals surface area contributed by atoms with E-state index >= 15 is 0 Å². The highest BCUT2D eigenvalue weighted by atomic mass is 16.5. The second-order valence-corrected chi connectivity index (χ2v) is 6.83. The predicted molar refractivity (Wildman–Crippen MR) is 89.5 cm³/mol. The van der Waals surface area contributed by atoms with E-state index in [4.69, 9.17) is 4.74 Å². The van der Waals surface area contributed by atoms with Crippen molar-refractivity contribution >= 4 is 5.91 Å². The lowest BCUT2D eigenvalue weighted by molar-refractivity contribution is -0.122. The molecule has 0 aromatic heterocycles. The number of fused-ring (bicyclic) bond motifs is 1. The number of amides is 1. The molecule has 0 saturated heterocycles. The van der Waals surface area contributed by atoms with E-state index in [1.807, 2.05) is 18.2 Å². The monoisotopic (exact) mass is 317 g/mol. The van der Waals surface area contributed by atoms with Gasteiger partial charge in [-0.05, 0) is 36.8 Å². The van der Waals surface area contributed by atoms with E-state index in [2.05, 4.69) is 11.4 Å². The molecule has 1 aliphatic carbocycles. The summed E-state index contributed by atoms with van der Waals surface area (Å²) in [6.07, 6.45) is 6.90. The van der Waals surface area contributed by atoms with Crippen LogP contribution < -0.4 is 10.1 Å². The molecule has 2 aliphatic rings. The maximum Gasteiger partial charge on any atom is 0.220 e. The molecule has 1 heterocycles. The summed E-state index contributed by atoms with van der Waals surface area (Å²) in [5.74, 6) is 1.47. The van der Waals surface area contributed by atoms with Crippen LogP contribution in [-0.2, 0) is 4.79 Å². The van der Waals surface area contributed by atoms with Crippen LogP contribution in [0.4, 0.5) is 0 Å². The third-order valence-corrected chi connectivity index (χ3v) is 5.25. The zero-order valence-corrected chi connectivity index (χ0v) is 13.7. The molecule has 2 N–H and O–H groups in total. The van der Waals surface area contributed by atoms with Gasteiger partial charge in [-0.3, -0.25) is 4.79 Å². The van der Waals surface area contributed by atoms with Gasteiger partial charge in [-0.1, -0.05) is 37.5 Å². The highest BCUT2D eigenvalue weighted by Gasteiger charge is 2.27. The fraction of sp³-hybridized carbons (Fsp3) is 0.632. The van der Waals surface area contributed by atoms with E-state index < -0.39 is 0 Å². The summed E-state index contributed by atoms with van der Waals surface area (Å²) in [5.41, 5.74) is 1.15. The van der Waals surface area contributed by atoms with Crippen molar-refractivity contribution < 1.29 is 14.6 Å². The Morgan fingerprint density at radius 1 is 1.17 bits per heavy atom. The molecular formula is C19H27NO3. The Bertz CT molecular complexity index is 531. The third kappa shape index (κ3) is 4.05. The van der Waals surface area contributed by atoms with Crippen molar-refractivity contribution in [3.8, 4) is 5.75 Å². The zero-order valence-electron chi connectivity index (χ0n) is 13.7. The lowest BCUT2D eigenvalue weighted by atomic mass is 9.89. The summed E-state index contributed by atoms with van der Waals surface area (Å²) in [6.45, 7) is 0.850. The maximum absolute atomic E-state index is 12.5. The first-order chi connectivity index (χ1) is 11.3.